The van der Waals surface area contributed by atoms with Gasteiger partial charge in [0.2, 0.25) is 0 Å². The van der Waals surface area contributed by atoms with E-state index in [1.54, 1.807) is 0 Å². The predicted molar refractivity (Wildman–Crippen MR) is 32.2 cm³/mol. The second kappa shape index (κ2) is 2.72. The standard InChI is InChI=1S/C3H10BP/c1-3(5)4-2/h3-4H,5H2,1-2H3/t3-/m0/s1. The Hall–Kier alpha value is 0.495. The molecule has 2 atom stereocenters. The molecule has 0 amide bonds. The fraction of sp³-hybridized carbons (Fsp3) is 1.00. The van der Waals surface area contributed by atoms with Crippen molar-refractivity contribution in [2.75, 3.05) is 0 Å². The summed E-state index contributed by atoms with van der Waals surface area (Å²) in [5.74, 6) is 0. The molecule has 0 radical (unpaired) electrons. The first-order valence-corrected chi connectivity index (χ1v) is 2.69. The molecule has 0 rings (SSSR count). The van der Waals surface area contributed by atoms with E-state index in [1.165, 1.54) is 7.28 Å². The third-order valence-electron chi connectivity index (χ3n) is 0.644. The predicted octanol–water partition coefficient (Wildman–Crippen LogP) is 0.692. The number of hydrogen-bond donors (Lipinski definition) is 0. The van der Waals surface area contributed by atoms with Crippen LogP contribution in [0.25, 0.3) is 0 Å². The molecule has 1 unspecified atom stereocenters. The van der Waals surface area contributed by atoms with Crippen LogP contribution in [0.2, 0.25) is 6.82 Å². The second-order valence-corrected chi connectivity index (χ2v) is 2.52. The molecule has 0 aliphatic rings. The second-order valence-electron chi connectivity index (χ2n) is 1.39. The summed E-state index contributed by atoms with van der Waals surface area (Å²) in [6, 6.07) is 0. The summed E-state index contributed by atoms with van der Waals surface area (Å²) in [5.41, 5.74) is 0.801. The zero-order valence-corrected chi connectivity index (χ0v) is 5.02. The molecule has 0 saturated carbocycles. The van der Waals surface area contributed by atoms with Crippen molar-refractivity contribution in [3.63, 3.8) is 0 Å². The molecule has 0 nitrogen and oxygen atoms in total. The van der Waals surface area contributed by atoms with E-state index < -0.39 is 0 Å². The first-order chi connectivity index (χ1) is 2.27. The van der Waals surface area contributed by atoms with Crippen LogP contribution in [-0.2, 0) is 0 Å². The van der Waals surface area contributed by atoms with Gasteiger partial charge in [-0.05, 0) is 0 Å². The average Bonchev–Trinajstić information content (AvgIpc) is 1.38. The fourth-order valence-electron chi connectivity index (χ4n) is 0. The van der Waals surface area contributed by atoms with E-state index in [0.29, 0.717) is 0 Å². The maximum Gasteiger partial charge on any atom is 0.125 e. The molecule has 0 aliphatic heterocycles. The molecule has 0 spiro atoms. The fourth-order valence-corrected chi connectivity index (χ4v) is 0. The minimum absolute atomic E-state index is 0.801. The van der Waals surface area contributed by atoms with Crippen LogP contribution < -0.4 is 0 Å². The van der Waals surface area contributed by atoms with Gasteiger partial charge in [-0.15, -0.1) is 9.24 Å². The van der Waals surface area contributed by atoms with Crippen LogP contribution in [-0.4, -0.2) is 12.8 Å². The summed E-state index contributed by atoms with van der Waals surface area (Å²) >= 11 is 0. The molecule has 0 aromatic rings. The van der Waals surface area contributed by atoms with Crippen LogP contribution in [0.1, 0.15) is 6.92 Å². The average molecular weight is 87.9 g/mol. The van der Waals surface area contributed by atoms with Crippen LogP contribution in [0.15, 0.2) is 0 Å². The molecule has 0 aliphatic carbocycles. The summed E-state index contributed by atoms with van der Waals surface area (Å²) in [5, 5.41) is 0. The molecular weight excluding hydrogens is 77.8 g/mol. The number of rotatable bonds is 1. The zero-order valence-electron chi connectivity index (χ0n) is 3.86. The molecule has 30 valence electrons. The Balaban J connectivity index is 2.54. The Morgan fingerprint density at radius 3 is 2.00 bits per heavy atom. The quantitative estimate of drug-likeness (QED) is 0.326. The van der Waals surface area contributed by atoms with Crippen LogP contribution in [0.5, 0.6) is 0 Å². The molecule has 0 aromatic carbocycles. The Labute approximate surface area is 36.8 Å². The maximum atomic E-state index is 2.73. The summed E-state index contributed by atoms with van der Waals surface area (Å²) in [6.45, 7) is 4.36. The summed E-state index contributed by atoms with van der Waals surface area (Å²) < 4.78 is 0. The molecule has 0 heterocycles. The first kappa shape index (κ1) is 5.49. The molecule has 5 heavy (non-hydrogen) atoms. The smallest absolute Gasteiger partial charge is 0.125 e. The Morgan fingerprint density at radius 2 is 2.00 bits per heavy atom. The van der Waals surface area contributed by atoms with Gasteiger partial charge in [0.05, 0.1) is 0 Å². The van der Waals surface area contributed by atoms with Crippen molar-refractivity contribution in [3.05, 3.63) is 0 Å². The monoisotopic (exact) mass is 88.1 g/mol. The van der Waals surface area contributed by atoms with Gasteiger partial charge in [-0.1, -0.05) is 19.3 Å². The first-order valence-electron chi connectivity index (χ1n) is 2.03. The minimum atomic E-state index is 0.801. The van der Waals surface area contributed by atoms with Gasteiger partial charge in [-0.3, -0.25) is 0 Å². The van der Waals surface area contributed by atoms with Crippen LogP contribution >= 0.6 is 9.24 Å². The van der Waals surface area contributed by atoms with Gasteiger partial charge < -0.3 is 0 Å². The van der Waals surface area contributed by atoms with Crippen molar-refractivity contribution in [1.29, 1.82) is 0 Å². The van der Waals surface area contributed by atoms with E-state index in [9.17, 15) is 0 Å². The lowest BCUT2D eigenvalue weighted by Gasteiger charge is -1.88. The van der Waals surface area contributed by atoms with Crippen molar-refractivity contribution >= 4 is 16.5 Å². The van der Waals surface area contributed by atoms with Gasteiger partial charge in [0.25, 0.3) is 0 Å². The topological polar surface area (TPSA) is 0 Å². The molecular formula is C3H10BP. The van der Waals surface area contributed by atoms with Gasteiger partial charge in [0, 0.05) is 0 Å². The zero-order chi connectivity index (χ0) is 4.28. The third kappa shape index (κ3) is 4.49. The minimum Gasteiger partial charge on any atom is -0.143 e. The highest BCUT2D eigenvalue weighted by Gasteiger charge is 1.83. The molecule has 0 saturated heterocycles. The largest absolute Gasteiger partial charge is 0.143 e. The Bertz CT molecular complexity index is 20.9. The Kier molecular flexibility index (Phi) is 2.99. The van der Waals surface area contributed by atoms with E-state index in [4.69, 9.17) is 0 Å². The summed E-state index contributed by atoms with van der Waals surface area (Å²) in [7, 11) is 4.00. The van der Waals surface area contributed by atoms with Crippen LogP contribution in [0.4, 0.5) is 0 Å². The third-order valence-corrected chi connectivity index (χ3v) is 1.12. The van der Waals surface area contributed by atoms with Gasteiger partial charge in [-0.25, -0.2) is 0 Å². The van der Waals surface area contributed by atoms with Crippen LogP contribution in [0.3, 0.4) is 0 Å². The Morgan fingerprint density at radius 1 is 1.80 bits per heavy atom. The van der Waals surface area contributed by atoms with Crippen molar-refractivity contribution in [2.45, 2.75) is 19.3 Å². The highest BCUT2D eigenvalue weighted by atomic mass is 31.0. The maximum absolute atomic E-state index is 2.73. The molecule has 0 bridgehead atoms. The lowest BCUT2D eigenvalue weighted by Crippen LogP contribution is -1.95. The highest BCUT2D eigenvalue weighted by molar-refractivity contribution is 7.21. The molecule has 0 fully saturated rings. The molecule has 2 heteroatoms. The molecule has 0 aromatic heterocycles. The van der Waals surface area contributed by atoms with Crippen molar-refractivity contribution < 1.29 is 0 Å². The summed E-state index contributed by atoms with van der Waals surface area (Å²) in [6.07, 6.45) is 0. The van der Waals surface area contributed by atoms with E-state index in [2.05, 4.69) is 23.0 Å². The number of hydrogen-bond acceptors (Lipinski definition) is 0. The van der Waals surface area contributed by atoms with Gasteiger partial charge in [-0.2, -0.15) is 0 Å². The lowest BCUT2D eigenvalue weighted by atomic mass is 9.79. The SMILES string of the molecule is CB[C@H](C)P. The van der Waals surface area contributed by atoms with Crippen molar-refractivity contribution in [2.24, 2.45) is 0 Å². The van der Waals surface area contributed by atoms with E-state index in [-0.39, 0.29) is 0 Å². The van der Waals surface area contributed by atoms with Crippen LogP contribution in [0, 0.1) is 0 Å². The van der Waals surface area contributed by atoms with Gasteiger partial charge in [0.1, 0.15) is 7.28 Å². The highest BCUT2D eigenvalue weighted by Crippen LogP contribution is 1.91. The van der Waals surface area contributed by atoms with Crippen molar-refractivity contribution in [3.8, 4) is 0 Å². The van der Waals surface area contributed by atoms with E-state index in [1.807, 2.05) is 0 Å². The van der Waals surface area contributed by atoms with E-state index >= 15 is 0 Å². The normalized spacial score (nSPS) is 14.2. The summed E-state index contributed by atoms with van der Waals surface area (Å²) in [4.78, 5) is 0. The van der Waals surface area contributed by atoms with E-state index in [0.717, 1.165) is 5.56 Å². The lowest BCUT2D eigenvalue weighted by molar-refractivity contribution is 1.38. The van der Waals surface area contributed by atoms with Crippen molar-refractivity contribution in [1.82, 2.24) is 0 Å². The van der Waals surface area contributed by atoms with Gasteiger partial charge in [0.15, 0.2) is 0 Å². The van der Waals surface area contributed by atoms with Gasteiger partial charge >= 0.3 is 0 Å². The molecule has 0 N–H and O–H groups in total.